The molecule has 8 aromatic carbocycles. The number of benzene rings is 8. The Balaban J connectivity index is 1.21. The monoisotopic (exact) mass is 679 g/mol. The lowest BCUT2D eigenvalue weighted by molar-refractivity contribution is 0.660. The Bertz CT molecular complexity index is 2720. The topological polar surface area (TPSA) is 3.24 Å². The Morgan fingerprint density at radius 3 is 1.45 bits per heavy atom. The van der Waals surface area contributed by atoms with Gasteiger partial charge in [-0.25, -0.2) is 0 Å². The predicted octanol–water partition coefficient (Wildman–Crippen LogP) is 14.3. The molecule has 1 nitrogen and oxygen atoms in total. The molecule has 0 amide bonds. The van der Waals surface area contributed by atoms with Crippen molar-refractivity contribution in [2.75, 3.05) is 4.90 Å². The lowest BCUT2D eigenvalue weighted by atomic mass is 9.82. The van der Waals surface area contributed by atoms with E-state index < -0.39 is 0 Å². The maximum absolute atomic E-state index is 2.48. The van der Waals surface area contributed by atoms with Crippen LogP contribution in [0.5, 0.6) is 0 Å². The van der Waals surface area contributed by atoms with E-state index >= 15 is 0 Å². The van der Waals surface area contributed by atoms with E-state index in [1.54, 1.807) is 0 Å². The van der Waals surface area contributed by atoms with Gasteiger partial charge in [0.15, 0.2) is 0 Å². The van der Waals surface area contributed by atoms with Gasteiger partial charge in [0.25, 0.3) is 0 Å². The molecule has 0 bridgehead atoms. The molecule has 0 saturated carbocycles. The van der Waals surface area contributed by atoms with Crippen LogP contribution in [0.4, 0.5) is 17.1 Å². The van der Waals surface area contributed by atoms with Crippen LogP contribution in [0.1, 0.15) is 49.9 Å². The molecule has 0 unspecified atom stereocenters. The largest absolute Gasteiger partial charge is 0.310 e. The maximum Gasteiger partial charge on any atom is 0.0468 e. The highest BCUT2D eigenvalue weighted by Gasteiger charge is 2.38. The minimum absolute atomic E-state index is 0.0980. The molecule has 0 saturated heterocycles. The zero-order valence-electron chi connectivity index (χ0n) is 30.7. The van der Waals surface area contributed by atoms with Gasteiger partial charge in [-0.05, 0) is 126 Å². The third kappa shape index (κ3) is 4.84. The highest BCUT2D eigenvalue weighted by molar-refractivity contribution is 5.96. The van der Waals surface area contributed by atoms with Gasteiger partial charge in [-0.15, -0.1) is 0 Å². The molecular formula is C52H41N. The van der Waals surface area contributed by atoms with Crippen molar-refractivity contribution in [3.05, 3.63) is 198 Å². The van der Waals surface area contributed by atoms with Crippen LogP contribution < -0.4 is 4.90 Å². The van der Waals surface area contributed by atoms with Crippen molar-refractivity contribution >= 4 is 27.8 Å². The van der Waals surface area contributed by atoms with Crippen LogP contribution in [0.3, 0.4) is 0 Å². The van der Waals surface area contributed by atoms with Gasteiger partial charge >= 0.3 is 0 Å². The molecule has 8 aromatic rings. The summed E-state index contributed by atoms with van der Waals surface area (Å²) in [5.41, 5.74) is 18.9. The third-order valence-electron chi connectivity index (χ3n) is 12.0. The van der Waals surface area contributed by atoms with E-state index in [1.807, 2.05) is 0 Å². The average molecular weight is 680 g/mol. The molecule has 0 aliphatic heterocycles. The van der Waals surface area contributed by atoms with E-state index in [0.29, 0.717) is 0 Å². The maximum atomic E-state index is 2.48. The van der Waals surface area contributed by atoms with Crippen molar-refractivity contribution in [3.8, 4) is 44.5 Å². The zero-order chi connectivity index (χ0) is 35.9. The van der Waals surface area contributed by atoms with Crippen molar-refractivity contribution in [2.24, 2.45) is 0 Å². The minimum atomic E-state index is -0.109. The van der Waals surface area contributed by atoms with E-state index in [1.165, 1.54) is 77.5 Å². The molecular weight excluding hydrogens is 639 g/mol. The number of hydrogen-bond acceptors (Lipinski definition) is 1. The number of hydrogen-bond donors (Lipinski definition) is 0. The first-order valence-electron chi connectivity index (χ1n) is 18.8. The van der Waals surface area contributed by atoms with Crippen LogP contribution in [0.15, 0.2) is 176 Å². The fourth-order valence-electron chi connectivity index (χ4n) is 9.24. The highest BCUT2D eigenvalue weighted by atomic mass is 15.1. The molecule has 53 heavy (non-hydrogen) atoms. The minimum Gasteiger partial charge on any atom is -0.310 e. The van der Waals surface area contributed by atoms with Crippen molar-refractivity contribution < 1.29 is 0 Å². The Hall–Kier alpha value is -6.18. The second kappa shape index (κ2) is 11.7. The zero-order valence-corrected chi connectivity index (χ0v) is 30.7. The molecule has 0 fully saturated rings. The lowest BCUT2D eigenvalue weighted by Crippen LogP contribution is -2.17. The van der Waals surface area contributed by atoms with Gasteiger partial charge < -0.3 is 4.90 Å². The summed E-state index contributed by atoms with van der Waals surface area (Å²) in [6.07, 6.45) is 0. The van der Waals surface area contributed by atoms with E-state index in [-0.39, 0.29) is 10.8 Å². The summed E-state index contributed by atoms with van der Waals surface area (Å²) < 4.78 is 0. The summed E-state index contributed by atoms with van der Waals surface area (Å²) in [6, 6.07) is 65.4. The first-order chi connectivity index (χ1) is 25.8. The SMILES string of the molecule is CC1(C)c2ccccc2-c2ccc(N(c3ccc(-c4ccccc4)c(-c4ccccc4)c3)c3ccc4c(c3)-c3cc5ccccc5cc3C4(C)C)cc21. The molecule has 0 N–H and O–H groups in total. The lowest BCUT2D eigenvalue weighted by Gasteiger charge is -2.30. The quantitative estimate of drug-likeness (QED) is 0.175. The Labute approximate surface area is 312 Å². The summed E-state index contributed by atoms with van der Waals surface area (Å²) in [6.45, 7) is 9.48. The average Bonchev–Trinajstić information content (AvgIpc) is 3.56. The summed E-state index contributed by atoms with van der Waals surface area (Å²) in [5.74, 6) is 0. The molecule has 1 heteroatoms. The van der Waals surface area contributed by atoms with Crippen LogP contribution in [0, 0.1) is 0 Å². The molecule has 2 aliphatic carbocycles. The summed E-state index contributed by atoms with van der Waals surface area (Å²) in [5, 5.41) is 2.57. The van der Waals surface area contributed by atoms with Crippen LogP contribution in [0.25, 0.3) is 55.3 Å². The number of fused-ring (bicyclic) bond motifs is 7. The number of anilines is 3. The summed E-state index contributed by atoms with van der Waals surface area (Å²) >= 11 is 0. The van der Waals surface area contributed by atoms with Crippen LogP contribution in [-0.4, -0.2) is 0 Å². The summed E-state index contributed by atoms with van der Waals surface area (Å²) in [4.78, 5) is 2.48. The predicted molar refractivity (Wildman–Crippen MR) is 225 cm³/mol. The molecule has 0 heterocycles. The van der Waals surface area contributed by atoms with Gasteiger partial charge in [0.05, 0.1) is 0 Å². The molecule has 0 radical (unpaired) electrons. The van der Waals surface area contributed by atoms with Gasteiger partial charge in [-0.3, -0.25) is 0 Å². The Morgan fingerprint density at radius 1 is 0.302 bits per heavy atom. The Morgan fingerprint density at radius 2 is 0.755 bits per heavy atom. The van der Waals surface area contributed by atoms with Crippen LogP contribution in [0.2, 0.25) is 0 Å². The Kier molecular flexibility index (Phi) is 6.94. The molecule has 10 rings (SSSR count). The van der Waals surface area contributed by atoms with Gasteiger partial charge in [0, 0.05) is 27.9 Å². The van der Waals surface area contributed by atoms with Crippen molar-refractivity contribution in [1.29, 1.82) is 0 Å². The van der Waals surface area contributed by atoms with E-state index in [9.17, 15) is 0 Å². The van der Waals surface area contributed by atoms with E-state index in [0.717, 1.165) is 17.1 Å². The molecule has 2 aliphatic rings. The molecule has 0 atom stereocenters. The van der Waals surface area contributed by atoms with Crippen molar-refractivity contribution in [1.82, 2.24) is 0 Å². The van der Waals surface area contributed by atoms with Gasteiger partial charge in [0.1, 0.15) is 0 Å². The first kappa shape index (κ1) is 31.5. The van der Waals surface area contributed by atoms with Gasteiger partial charge in [-0.1, -0.05) is 155 Å². The van der Waals surface area contributed by atoms with Crippen molar-refractivity contribution in [3.63, 3.8) is 0 Å². The van der Waals surface area contributed by atoms with Gasteiger partial charge in [0.2, 0.25) is 0 Å². The number of nitrogens with zero attached hydrogens (tertiary/aromatic N) is 1. The van der Waals surface area contributed by atoms with E-state index in [2.05, 4.69) is 209 Å². The molecule has 0 aromatic heterocycles. The second-order valence-corrected chi connectivity index (χ2v) is 15.8. The molecule has 0 spiro atoms. The fourth-order valence-corrected chi connectivity index (χ4v) is 9.24. The second-order valence-electron chi connectivity index (χ2n) is 15.8. The van der Waals surface area contributed by atoms with E-state index in [4.69, 9.17) is 0 Å². The number of rotatable bonds is 5. The molecule has 254 valence electrons. The van der Waals surface area contributed by atoms with Gasteiger partial charge in [-0.2, -0.15) is 0 Å². The third-order valence-corrected chi connectivity index (χ3v) is 12.0. The smallest absolute Gasteiger partial charge is 0.0468 e. The highest BCUT2D eigenvalue weighted by Crippen LogP contribution is 2.54. The first-order valence-corrected chi connectivity index (χ1v) is 18.8. The van der Waals surface area contributed by atoms with Crippen molar-refractivity contribution in [2.45, 2.75) is 38.5 Å². The summed E-state index contributed by atoms with van der Waals surface area (Å²) in [7, 11) is 0. The van der Waals surface area contributed by atoms with Crippen LogP contribution in [-0.2, 0) is 10.8 Å². The van der Waals surface area contributed by atoms with Crippen LogP contribution >= 0.6 is 0 Å². The standard InChI is InChI=1S/C52H41N/c1-51(2)47-22-14-13-21-42(47)43-27-24-40(33-50(43)51)53(38-23-26-41(34-15-7-5-8-16-34)44(31-38)35-17-9-6-10-18-35)39-25-28-48-46(32-39)45-29-36-19-11-12-20-37(36)30-49(45)52(48,3)4/h5-33H,1-4H3. The normalized spacial score (nSPS) is 14.3. The fraction of sp³-hybridized carbons (Fsp3) is 0.115.